The molecule has 0 aliphatic carbocycles. The summed E-state index contributed by atoms with van der Waals surface area (Å²) in [5, 5.41) is 8.49. The quantitative estimate of drug-likeness (QED) is 0.721. The minimum absolute atomic E-state index is 0.0972. The molecule has 0 saturated carbocycles. The molecule has 3 rings (SSSR count). The van der Waals surface area contributed by atoms with Crippen LogP contribution in [0.4, 0.5) is 0 Å². The van der Waals surface area contributed by atoms with Crippen LogP contribution in [0.2, 0.25) is 0 Å². The zero-order valence-electron chi connectivity index (χ0n) is 17.3. The monoisotopic (exact) mass is 411 g/mol. The average molecular weight is 411 g/mol. The lowest BCUT2D eigenvalue weighted by Crippen LogP contribution is -2.38. The number of nitrogens with one attached hydrogen (secondary N) is 1. The molecule has 0 aromatic heterocycles. The molecule has 2 amide bonds. The van der Waals surface area contributed by atoms with Crippen LogP contribution in [-0.4, -0.2) is 43.9 Å². The minimum atomic E-state index is -0.311. The van der Waals surface area contributed by atoms with Gasteiger partial charge >= 0.3 is 0 Å². The summed E-state index contributed by atoms with van der Waals surface area (Å²) < 4.78 is 16.0. The van der Waals surface area contributed by atoms with Crippen molar-refractivity contribution in [2.75, 3.05) is 21.3 Å². The van der Waals surface area contributed by atoms with Gasteiger partial charge in [0.25, 0.3) is 5.91 Å². The van der Waals surface area contributed by atoms with Crippen LogP contribution >= 0.6 is 0 Å². The fraction of sp³-hybridized carbons (Fsp3) is 0.318. The number of hydrogen-bond donors (Lipinski definition) is 1. The Balaban J connectivity index is 1.69. The highest BCUT2D eigenvalue weighted by Crippen LogP contribution is 2.38. The summed E-state index contributed by atoms with van der Waals surface area (Å²) in [4.78, 5) is 24.8. The van der Waals surface area contributed by atoms with E-state index in [1.807, 2.05) is 30.3 Å². The Bertz CT molecular complexity index is 918. The smallest absolute Gasteiger partial charge is 0.267 e. The molecule has 0 unspecified atom stereocenters. The van der Waals surface area contributed by atoms with Crippen molar-refractivity contribution in [1.29, 1.82) is 0 Å². The zero-order valence-corrected chi connectivity index (χ0v) is 17.3. The van der Waals surface area contributed by atoms with Crippen LogP contribution in [0.1, 0.15) is 24.0 Å². The number of carbonyl (C=O) groups is 2. The number of rotatable bonds is 8. The largest absolute Gasteiger partial charge is 0.493 e. The SMILES string of the molecule is COc1cc(CNC(=O)C2=NN(Cc3ccccc3)C(=O)CC2)cc(OC)c1OC. The van der Waals surface area contributed by atoms with Crippen molar-refractivity contribution in [2.24, 2.45) is 5.10 Å². The number of amides is 2. The lowest BCUT2D eigenvalue weighted by molar-refractivity contribution is -0.132. The van der Waals surface area contributed by atoms with E-state index in [9.17, 15) is 9.59 Å². The Morgan fingerprint density at radius 3 is 2.27 bits per heavy atom. The van der Waals surface area contributed by atoms with E-state index < -0.39 is 0 Å². The van der Waals surface area contributed by atoms with Crippen LogP contribution in [-0.2, 0) is 22.7 Å². The third-order valence-electron chi connectivity index (χ3n) is 4.72. The predicted molar refractivity (Wildman–Crippen MR) is 112 cm³/mol. The van der Waals surface area contributed by atoms with E-state index in [2.05, 4.69) is 10.4 Å². The average Bonchev–Trinajstić information content (AvgIpc) is 2.78. The first-order chi connectivity index (χ1) is 14.5. The topological polar surface area (TPSA) is 89.5 Å². The maximum absolute atomic E-state index is 12.6. The summed E-state index contributed by atoms with van der Waals surface area (Å²) >= 11 is 0. The molecule has 2 aromatic rings. The van der Waals surface area contributed by atoms with Gasteiger partial charge in [-0.25, -0.2) is 5.01 Å². The standard InChI is InChI=1S/C22H25N3O5/c1-28-18-11-16(12-19(29-2)21(18)30-3)13-23-22(27)17-9-10-20(26)25(24-17)14-15-7-5-4-6-8-15/h4-8,11-12H,9-10,13-14H2,1-3H3,(H,23,27). The zero-order chi connectivity index (χ0) is 21.5. The van der Waals surface area contributed by atoms with Crippen LogP contribution in [0.3, 0.4) is 0 Å². The molecule has 1 aliphatic heterocycles. The molecular formula is C22H25N3O5. The van der Waals surface area contributed by atoms with Crippen LogP contribution in [0.15, 0.2) is 47.6 Å². The Kier molecular flexibility index (Phi) is 6.90. The van der Waals surface area contributed by atoms with E-state index >= 15 is 0 Å². The van der Waals surface area contributed by atoms with Crippen molar-refractivity contribution in [3.63, 3.8) is 0 Å². The van der Waals surface area contributed by atoms with Gasteiger partial charge in [-0.15, -0.1) is 0 Å². The Morgan fingerprint density at radius 1 is 1.00 bits per heavy atom. The number of ether oxygens (including phenoxy) is 3. The molecule has 0 fully saturated rings. The second-order valence-corrected chi connectivity index (χ2v) is 6.70. The molecule has 0 saturated heterocycles. The van der Waals surface area contributed by atoms with Crippen molar-refractivity contribution in [1.82, 2.24) is 10.3 Å². The number of benzene rings is 2. The molecule has 1 N–H and O–H groups in total. The summed E-state index contributed by atoms with van der Waals surface area (Å²) in [5.41, 5.74) is 2.07. The fourth-order valence-electron chi connectivity index (χ4n) is 3.17. The molecule has 8 heteroatoms. The van der Waals surface area contributed by atoms with Gasteiger partial charge in [0.15, 0.2) is 11.5 Å². The first-order valence-corrected chi connectivity index (χ1v) is 9.54. The summed E-state index contributed by atoms with van der Waals surface area (Å²) in [6.07, 6.45) is 0.564. The van der Waals surface area contributed by atoms with E-state index in [1.54, 1.807) is 12.1 Å². The molecule has 0 atom stereocenters. The number of hydrazone groups is 1. The van der Waals surface area contributed by atoms with E-state index in [0.29, 0.717) is 35.9 Å². The molecule has 1 heterocycles. The number of nitrogens with zero attached hydrogens (tertiary/aromatic N) is 2. The van der Waals surface area contributed by atoms with Gasteiger partial charge in [-0.3, -0.25) is 9.59 Å². The van der Waals surface area contributed by atoms with Crippen LogP contribution in [0, 0.1) is 0 Å². The van der Waals surface area contributed by atoms with Crippen molar-refractivity contribution in [3.8, 4) is 17.2 Å². The molecule has 1 aliphatic rings. The van der Waals surface area contributed by atoms with E-state index in [1.165, 1.54) is 26.3 Å². The summed E-state index contributed by atoms with van der Waals surface area (Å²) in [7, 11) is 4.61. The van der Waals surface area contributed by atoms with Gasteiger partial charge < -0.3 is 19.5 Å². The van der Waals surface area contributed by atoms with Crippen molar-refractivity contribution in [2.45, 2.75) is 25.9 Å². The summed E-state index contributed by atoms with van der Waals surface area (Å²) in [5.74, 6) is 1.10. The summed E-state index contributed by atoms with van der Waals surface area (Å²) in [6, 6.07) is 13.1. The Hall–Kier alpha value is -3.55. The van der Waals surface area contributed by atoms with Gasteiger partial charge in [-0.1, -0.05) is 30.3 Å². The highest BCUT2D eigenvalue weighted by molar-refractivity contribution is 6.39. The van der Waals surface area contributed by atoms with Gasteiger partial charge in [-0.2, -0.15) is 5.10 Å². The maximum atomic E-state index is 12.6. The van der Waals surface area contributed by atoms with Gasteiger partial charge in [0.05, 0.1) is 27.9 Å². The van der Waals surface area contributed by atoms with Gasteiger partial charge in [0.2, 0.25) is 11.7 Å². The highest BCUT2D eigenvalue weighted by atomic mass is 16.5. The normalized spacial score (nSPS) is 13.5. The lowest BCUT2D eigenvalue weighted by atomic mass is 10.1. The van der Waals surface area contributed by atoms with Crippen molar-refractivity contribution in [3.05, 3.63) is 53.6 Å². The first kappa shape index (κ1) is 21.2. The third kappa shape index (κ3) is 4.89. The molecule has 0 spiro atoms. The van der Waals surface area contributed by atoms with Crippen LogP contribution in [0.25, 0.3) is 0 Å². The third-order valence-corrected chi connectivity index (χ3v) is 4.72. The van der Waals surface area contributed by atoms with Crippen molar-refractivity contribution < 1.29 is 23.8 Å². The van der Waals surface area contributed by atoms with Gasteiger partial charge in [0.1, 0.15) is 5.71 Å². The number of carbonyl (C=O) groups excluding carboxylic acids is 2. The Morgan fingerprint density at radius 2 is 1.67 bits per heavy atom. The molecule has 8 nitrogen and oxygen atoms in total. The van der Waals surface area contributed by atoms with Crippen molar-refractivity contribution >= 4 is 17.5 Å². The molecule has 30 heavy (non-hydrogen) atoms. The van der Waals surface area contributed by atoms with E-state index in [4.69, 9.17) is 14.2 Å². The Labute approximate surface area is 175 Å². The number of methoxy groups -OCH3 is 3. The maximum Gasteiger partial charge on any atom is 0.267 e. The van der Waals surface area contributed by atoms with E-state index in [-0.39, 0.29) is 24.8 Å². The van der Waals surface area contributed by atoms with Crippen LogP contribution < -0.4 is 19.5 Å². The van der Waals surface area contributed by atoms with Gasteiger partial charge in [-0.05, 0) is 23.3 Å². The molecular weight excluding hydrogens is 386 g/mol. The minimum Gasteiger partial charge on any atom is -0.493 e. The highest BCUT2D eigenvalue weighted by Gasteiger charge is 2.24. The molecule has 2 aromatic carbocycles. The molecule has 0 bridgehead atoms. The fourth-order valence-corrected chi connectivity index (χ4v) is 3.17. The van der Waals surface area contributed by atoms with E-state index in [0.717, 1.165) is 11.1 Å². The second-order valence-electron chi connectivity index (χ2n) is 6.70. The molecule has 158 valence electrons. The predicted octanol–water partition coefficient (Wildman–Crippen LogP) is 2.51. The summed E-state index contributed by atoms with van der Waals surface area (Å²) in [6.45, 7) is 0.588. The van der Waals surface area contributed by atoms with Gasteiger partial charge in [0, 0.05) is 19.4 Å². The van der Waals surface area contributed by atoms with Crippen LogP contribution in [0.5, 0.6) is 17.2 Å². The first-order valence-electron chi connectivity index (χ1n) is 9.54. The molecule has 0 radical (unpaired) electrons. The number of hydrogen-bond acceptors (Lipinski definition) is 6. The lowest BCUT2D eigenvalue weighted by Gasteiger charge is -2.23. The second kappa shape index (κ2) is 9.78.